The van der Waals surface area contributed by atoms with Crippen LogP contribution in [-0.4, -0.2) is 70.0 Å². The van der Waals surface area contributed by atoms with E-state index in [0.717, 1.165) is 60.6 Å². The average molecular weight is 441 g/mol. The number of likely N-dealkylation sites (tertiary alicyclic amines) is 1. The van der Waals surface area contributed by atoms with Gasteiger partial charge in [0.05, 0.1) is 29.2 Å². The molecule has 3 aromatic heterocycles. The summed E-state index contributed by atoms with van der Waals surface area (Å²) in [6, 6.07) is 3.91. The number of aromatic nitrogens is 4. The number of carbonyl (C=O) groups is 1. The highest BCUT2D eigenvalue weighted by Crippen LogP contribution is 2.34. The minimum Gasteiger partial charge on any atom is -0.382 e. The standard InChI is InChI=1S/C23H32N6O3/c1-4-31-10-6-8-24-22(30)15-28-9-5-7-18(14-28)23-19(20-11-17(3)27-32-20)13-25-21-12-16(2)26-29(21)23/h11-13,18H,4-10,14-15H2,1-3H3,(H,24,30)/t18-/m1/s1. The molecule has 0 unspecified atom stereocenters. The molecule has 0 saturated carbocycles. The highest BCUT2D eigenvalue weighted by Gasteiger charge is 2.29. The van der Waals surface area contributed by atoms with Gasteiger partial charge in [0.2, 0.25) is 5.91 Å². The lowest BCUT2D eigenvalue weighted by Gasteiger charge is -2.33. The molecule has 1 amide bonds. The Labute approximate surface area is 188 Å². The van der Waals surface area contributed by atoms with Crippen molar-refractivity contribution in [2.75, 3.05) is 39.4 Å². The minimum atomic E-state index is 0.0584. The molecule has 1 atom stereocenters. The fourth-order valence-corrected chi connectivity index (χ4v) is 4.37. The third kappa shape index (κ3) is 5.16. The molecule has 1 saturated heterocycles. The maximum Gasteiger partial charge on any atom is 0.234 e. The molecule has 9 nitrogen and oxygen atoms in total. The van der Waals surface area contributed by atoms with Crippen LogP contribution in [0.15, 0.2) is 22.9 Å². The zero-order valence-electron chi connectivity index (χ0n) is 19.1. The van der Waals surface area contributed by atoms with Crippen molar-refractivity contribution >= 4 is 11.6 Å². The van der Waals surface area contributed by atoms with Crippen molar-refractivity contribution in [2.24, 2.45) is 0 Å². The number of nitrogens with one attached hydrogen (secondary N) is 1. The second kappa shape index (κ2) is 10.2. The highest BCUT2D eigenvalue weighted by atomic mass is 16.5. The first-order valence-corrected chi connectivity index (χ1v) is 11.4. The summed E-state index contributed by atoms with van der Waals surface area (Å²) < 4.78 is 12.8. The van der Waals surface area contributed by atoms with Crippen molar-refractivity contribution in [3.05, 3.63) is 35.4 Å². The Morgan fingerprint density at radius 1 is 1.31 bits per heavy atom. The molecule has 3 aromatic rings. The van der Waals surface area contributed by atoms with Crippen molar-refractivity contribution in [1.82, 2.24) is 30.0 Å². The van der Waals surface area contributed by atoms with Gasteiger partial charge < -0.3 is 14.6 Å². The molecule has 1 aliphatic rings. The lowest BCUT2D eigenvalue weighted by Crippen LogP contribution is -2.42. The topological polar surface area (TPSA) is 97.8 Å². The Bertz CT molecular complexity index is 1060. The first kappa shape index (κ1) is 22.4. The van der Waals surface area contributed by atoms with Gasteiger partial charge in [-0.05, 0) is 46.6 Å². The summed E-state index contributed by atoms with van der Waals surface area (Å²) in [6.45, 7) is 9.96. The second-order valence-corrected chi connectivity index (χ2v) is 8.42. The SMILES string of the molecule is CCOCCCNC(=O)CN1CCC[C@@H](c2c(-c3cc(C)no3)cnc3cc(C)nn23)C1. The Morgan fingerprint density at radius 3 is 2.97 bits per heavy atom. The zero-order valence-corrected chi connectivity index (χ0v) is 19.1. The maximum absolute atomic E-state index is 12.4. The lowest BCUT2D eigenvalue weighted by molar-refractivity contribution is -0.122. The third-order valence-electron chi connectivity index (χ3n) is 5.79. The maximum atomic E-state index is 12.4. The Balaban J connectivity index is 1.51. The first-order valence-electron chi connectivity index (χ1n) is 11.4. The summed E-state index contributed by atoms with van der Waals surface area (Å²) in [4.78, 5) is 19.3. The van der Waals surface area contributed by atoms with E-state index in [4.69, 9.17) is 14.4 Å². The van der Waals surface area contributed by atoms with Crippen LogP contribution in [-0.2, 0) is 9.53 Å². The van der Waals surface area contributed by atoms with Gasteiger partial charge in [-0.1, -0.05) is 5.16 Å². The van der Waals surface area contributed by atoms with E-state index in [2.05, 4.69) is 20.4 Å². The van der Waals surface area contributed by atoms with E-state index in [1.54, 1.807) is 0 Å². The average Bonchev–Trinajstić information content (AvgIpc) is 3.37. The number of amides is 1. The molecular weight excluding hydrogens is 408 g/mol. The third-order valence-corrected chi connectivity index (χ3v) is 5.79. The number of rotatable bonds is 9. The summed E-state index contributed by atoms with van der Waals surface area (Å²) in [5.41, 5.74) is 4.55. The van der Waals surface area contributed by atoms with Gasteiger partial charge in [0.15, 0.2) is 11.4 Å². The van der Waals surface area contributed by atoms with Crippen LogP contribution >= 0.6 is 0 Å². The van der Waals surface area contributed by atoms with Crippen molar-refractivity contribution in [3.8, 4) is 11.3 Å². The van der Waals surface area contributed by atoms with Crippen LogP contribution < -0.4 is 5.32 Å². The predicted octanol–water partition coefficient (Wildman–Crippen LogP) is 2.72. The molecule has 0 radical (unpaired) electrons. The molecule has 0 aliphatic carbocycles. The molecule has 9 heteroatoms. The summed E-state index contributed by atoms with van der Waals surface area (Å²) >= 11 is 0. The smallest absolute Gasteiger partial charge is 0.234 e. The number of nitrogens with zero attached hydrogens (tertiary/aromatic N) is 5. The van der Waals surface area contributed by atoms with E-state index in [1.807, 2.05) is 43.6 Å². The van der Waals surface area contributed by atoms with Crippen molar-refractivity contribution in [2.45, 2.75) is 46.0 Å². The normalized spacial score (nSPS) is 17.2. The molecule has 4 rings (SSSR count). The number of hydrogen-bond acceptors (Lipinski definition) is 7. The van der Waals surface area contributed by atoms with E-state index in [1.165, 1.54) is 0 Å². The van der Waals surface area contributed by atoms with Crippen molar-refractivity contribution in [3.63, 3.8) is 0 Å². The second-order valence-electron chi connectivity index (χ2n) is 8.42. The number of piperidine rings is 1. The molecule has 1 fully saturated rings. The number of fused-ring (bicyclic) bond motifs is 1. The Kier molecular flexibility index (Phi) is 7.16. The van der Waals surface area contributed by atoms with Crippen molar-refractivity contribution in [1.29, 1.82) is 0 Å². The van der Waals surface area contributed by atoms with Crippen LogP contribution in [0, 0.1) is 13.8 Å². The molecule has 0 aromatic carbocycles. The number of ether oxygens (including phenoxy) is 1. The lowest BCUT2D eigenvalue weighted by atomic mass is 9.91. The number of hydrogen-bond donors (Lipinski definition) is 1. The largest absolute Gasteiger partial charge is 0.382 e. The molecule has 1 aliphatic heterocycles. The summed E-state index contributed by atoms with van der Waals surface area (Å²) in [5.74, 6) is 0.965. The van der Waals surface area contributed by atoms with E-state index < -0.39 is 0 Å². The Hall–Kier alpha value is -2.78. The Morgan fingerprint density at radius 2 is 2.19 bits per heavy atom. The highest BCUT2D eigenvalue weighted by molar-refractivity contribution is 5.78. The zero-order chi connectivity index (χ0) is 22.5. The van der Waals surface area contributed by atoms with Gasteiger partial charge in [-0.2, -0.15) is 5.10 Å². The summed E-state index contributed by atoms with van der Waals surface area (Å²) in [7, 11) is 0. The van der Waals surface area contributed by atoms with Crippen LogP contribution in [0.5, 0.6) is 0 Å². The van der Waals surface area contributed by atoms with Crippen molar-refractivity contribution < 1.29 is 14.1 Å². The fraction of sp³-hybridized carbons (Fsp3) is 0.565. The first-order chi connectivity index (χ1) is 15.5. The number of carbonyl (C=O) groups excluding carboxylic acids is 1. The van der Waals surface area contributed by atoms with E-state index in [9.17, 15) is 4.79 Å². The van der Waals surface area contributed by atoms with Crippen LogP contribution in [0.25, 0.3) is 17.0 Å². The molecular formula is C23H32N6O3. The number of aryl methyl sites for hydroxylation is 2. The van der Waals surface area contributed by atoms with Crippen LogP contribution in [0.1, 0.15) is 49.2 Å². The molecule has 0 bridgehead atoms. The monoisotopic (exact) mass is 440 g/mol. The molecule has 0 spiro atoms. The molecule has 1 N–H and O–H groups in total. The van der Waals surface area contributed by atoms with Crippen LogP contribution in [0.2, 0.25) is 0 Å². The van der Waals surface area contributed by atoms with Gasteiger partial charge in [-0.25, -0.2) is 9.50 Å². The van der Waals surface area contributed by atoms with Crippen LogP contribution in [0.4, 0.5) is 0 Å². The molecule has 172 valence electrons. The van der Waals surface area contributed by atoms with E-state index >= 15 is 0 Å². The van der Waals surface area contributed by atoms with Crippen LogP contribution in [0.3, 0.4) is 0 Å². The van der Waals surface area contributed by atoms with Gasteiger partial charge >= 0.3 is 0 Å². The fourth-order valence-electron chi connectivity index (χ4n) is 4.37. The minimum absolute atomic E-state index is 0.0584. The molecule has 4 heterocycles. The molecule has 32 heavy (non-hydrogen) atoms. The summed E-state index contributed by atoms with van der Waals surface area (Å²) in [6.07, 6.45) is 4.72. The van der Waals surface area contributed by atoms with E-state index in [0.29, 0.717) is 32.1 Å². The van der Waals surface area contributed by atoms with Gasteiger partial charge in [-0.15, -0.1) is 0 Å². The van der Waals surface area contributed by atoms with Gasteiger partial charge in [0.25, 0.3) is 0 Å². The van der Waals surface area contributed by atoms with Gasteiger partial charge in [0, 0.05) is 50.6 Å². The quantitative estimate of drug-likeness (QED) is 0.511. The van der Waals surface area contributed by atoms with Gasteiger partial charge in [0.1, 0.15) is 0 Å². The van der Waals surface area contributed by atoms with Gasteiger partial charge in [-0.3, -0.25) is 9.69 Å². The van der Waals surface area contributed by atoms with E-state index in [-0.39, 0.29) is 11.8 Å². The predicted molar refractivity (Wildman–Crippen MR) is 120 cm³/mol. The summed E-state index contributed by atoms with van der Waals surface area (Å²) in [5, 5.41) is 11.8.